The summed E-state index contributed by atoms with van der Waals surface area (Å²) in [6.45, 7) is 0. The summed E-state index contributed by atoms with van der Waals surface area (Å²) in [4.78, 5) is 15.2. The van der Waals surface area contributed by atoms with Gasteiger partial charge in [-0.3, -0.25) is 4.79 Å². The Bertz CT molecular complexity index is 795. The van der Waals surface area contributed by atoms with Gasteiger partial charge in [0, 0.05) is 17.2 Å². The second kappa shape index (κ2) is 5.51. The molecule has 1 N–H and O–H groups in total. The van der Waals surface area contributed by atoms with Crippen molar-refractivity contribution < 1.29 is 4.39 Å². The SMILES string of the molecule is O=c1cc(SCc2ccc(F)cc2)[nH]c2ccccc12. The van der Waals surface area contributed by atoms with Crippen molar-refractivity contribution in [3.63, 3.8) is 0 Å². The molecule has 3 rings (SSSR count). The van der Waals surface area contributed by atoms with E-state index in [0.29, 0.717) is 11.1 Å². The van der Waals surface area contributed by atoms with Gasteiger partial charge in [0.1, 0.15) is 5.82 Å². The highest BCUT2D eigenvalue weighted by molar-refractivity contribution is 7.98. The van der Waals surface area contributed by atoms with Crippen molar-refractivity contribution in [3.05, 3.63) is 76.2 Å². The molecule has 2 nitrogen and oxygen atoms in total. The van der Waals surface area contributed by atoms with E-state index in [-0.39, 0.29) is 11.2 Å². The molecule has 20 heavy (non-hydrogen) atoms. The van der Waals surface area contributed by atoms with Crippen molar-refractivity contribution in [2.45, 2.75) is 10.8 Å². The normalized spacial score (nSPS) is 10.8. The van der Waals surface area contributed by atoms with E-state index in [1.165, 1.54) is 23.9 Å². The van der Waals surface area contributed by atoms with Gasteiger partial charge in [-0.2, -0.15) is 0 Å². The number of halogens is 1. The molecule has 4 heteroatoms. The fourth-order valence-corrected chi connectivity index (χ4v) is 2.88. The Kier molecular flexibility index (Phi) is 3.56. The van der Waals surface area contributed by atoms with Crippen LogP contribution in [0, 0.1) is 5.82 Å². The number of thioether (sulfide) groups is 1. The number of benzene rings is 2. The van der Waals surface area contributed by atoms with E-state index in [1.54, 1.807) is 18.2 Å². The minimum absolute atomic E-state index is 0.0148. The van der Waals surface area contributed by atoms with Gasteiger partial charge >= 0.3 is 0 Å². The molecule has 0 atom stereocenters. The van der Waals surface area contributed by atoms with Crippen molar-refractivity contribution in [2.75, 3.05) is 0 Å². The van der Waals surface area contributed by atoms with Gasteiger partial charge in [-0.05, 0) is 29.8 Å². The molecule has 1 aromatic heterocycles. The summed E-state index contributed by atoms with van der Waals surface area (Å²) in [7, 11) is 0. The number of aromatic nitrogens is 1. The van der Waals surface area contributed by atoms with Crippen LogP contribution in [0.4, 0.5) is 4.39 Å². The van der Waals surface area contributed by atoms with Crippen LogP contribution in [0.2, 0.25) is 0 Å². The minimum atomic E-state index is -0.238. The third kappa shape index (κ3) is 2.75. The number of fused-ring (bicyclic) bond motifs is 1. The Morgan fingerprint density at radius 2 is 1.80 bits per heavy atom. The van der Waals surface area contributed by atoms with Gasteiger partial charge in [0.05, 0.1) is 10.5 Å². The summed E-state index contributed by atoms with van der Waals surface area (Å²) in [5, 5.41) is 1.51. The molecule has 0 amide bonds. The summed E-state index contributed by atoms with van der Waals surface area (Å²) in [5.41, 5.74) is 1.87. The lowest BCUT2D eigenvalue weighted by Crippen LogP contribution is -2.02. The van der Waals surface area contributed by atoms with Gasteiger partial charge < -0.3 is 4.98 Å². The van der Waals surface area contributed by atoms with Crippen LogP contribution in [0.25, 0.3) is 10.9 Å². The van der Waals surface area contributed by atoms with Gasteiger partial charge in [-0.1, -0.05) is 24.3 Å². The zero-order valence-electron chi connectivity index (χ0n) is 10.6. The van der Waals surface area contributed by atoms with Gasteiger partial charge in [0.2, 0.25) is 0 Å². The minimum Gasteiger partial charge on any atom is -0.350 e. The maximum Gasteiger partial charge on any atom is 0.190 e. The Morgan fingerprint density at radius 3 is 2.60 bits per heavy atom. The van der Waals surface area contributed by atoms with E-state index in [2.05, 4.69) is 4.98 Å². The van der Waals surface area contributed by atoms with Crippen LogP contribution in [0.15, 0.2) is 64.4 Å². The monoisotopic (exact) mass is 285 g/mol. The molecule has 0 radical (unpaired) electrons. The number of H-pyrrole nitrogens is 1. The van der Waals surface area contributed by atoms with Crippen LogP contribution in [0.1, 0.15) is 5.56 Å². The molecular formula is C16H12FNOS. The van der Waals surface area contributed by atoms with Gasteiger partial charge in [0.25, 0.3) is 0 Å². The van der Waals surface area contributed by atoms with Gasteiger partial charge in [-0.15, -0.1) is 11.8 Å². The zero-order chi connectivity index (χ0) is 13.9. The molecule has 2 aromatic carbocycles. The number of hydrogen-bond donors (Lipinski definition) is 1. The summed E-state index contributed by atoms with van der Waals surface area (Å²) >= 11 is 1.53. The largest absolute Gasteiger partial charge is 0.350 e. The predicted molar refractivity (Wildman–Crippen MR) is 80.5 cm³/mol. The molecule has 0 saturated carbocycles. The number of pyridine rings is 1. The number of aromatic amines is 1. The Balaban J connectivity index is 1.84. The third-order valence-corrected chi connectivity index (χ3v) is 4.03. The van der Waals surface area contributed by atoms with E-state index in [9.17, 15) is 9.18 Å². The van der Waals surface area contributed by atoms with E-state index >= 15 is 0 Å². The van der Waals surface area contributed by atoms with E-state index in [4.69, 9.17) is 0 Å². The van der Waals surface area contributed by atoms with Crippen LogP contribution >= 0.6 is 11.8 Å². The molecule has 0 spiro atoms. The van der Waals surface area contributed by atoms with E-state index in [1.807, 2.05) is 24.3 Å². The second-order valence-corrected chi connectivity index (χ2v) is 5.48. The Morgan fingerprint density at radius 1 is 1.05 bits per heavy atom. The molecule has 3 aromatic rings. The highest BCUT2D eigenvalue weighted by Crippen LogP contribution is 2.21. The molecule has 1 heterocycles. The fraction of sp³-hybridized carbons (Fsp3) is 0.0625. The first-order chi connectivity index (χ1) is 9.72. The average molecular weight is 285 g/mol. The lowest BCUT2D eigenvalue weighted by molar-refractivity contribution is 0.627. The molecular weight excluding hydrogens is 273 g/mol. The molecule has 0 unspecified atom stereocenters. The van der Waals surface area contributed by atoms with Crippen LogP contribution in [-0.4, -0.2) is 4.98 Å². The summed E-state index contributed by atoms with van der Waals surface area (Å²) in [6, 6.07) is 15.4. The number of rotatable bonds is 3. The fourth-order valence-electron chi connectivity index (χ4n) is 1.99. The molecule has 0 aliphatic rings. The summed E-state index contributed by atoms with van der Waals surface area (Å²) in [6.07, 6.45) is 0. The predicted octanol–water partition coefficient (Wildman–Crippen LogP) is 3.96. The molecule has 0 aliphatic carbocycles. The molecule has 0 bridgehead atoms. The van der Waals surface area contributed by atoms with Crippen molar-refractivity contribution in [1.82, 2.24) is 4.98 Å². The molecule has 100 valence electrons. The Labute approximate surface area is 119 Å². The number of hydrogen-bond acceptors (Lipinski definition) is 2. The zero-order valence-corrected chi connectivity index (χ0v) is 11.4. The van der Waals surface area contributed by atoms with Crippen LogP contribution < -0.4 is 5.43 Å². The number of nitrogens with one attached hydrogen (secondary N) is 1. The lowest BCUT2D eigenvalue weighted by atomic mass is 10.2. The maximum atomic E-state index is 12.8. The molecule has 0 aliphatic heterocycles. The van der Waals surface area contributed by atoms with Crippen molar-refractivity contribution in [1.29, 1.82) is 0 Å². The van der Waals surface area contributed by atoms with Crippen molar-refractivity contribution in [3.8, 4) is 0 Å². The smallest absolute Gasteiger partial charge is 0.190 e. The third-order valence-electron chi connectivity index (χ3n) is 3.02. The van der Waals surface area contributed by atoms with Crippen molar-refractivity contribution in [2.24, 2.45) is 0 Å². The topological polar surface area (TPSA) is 32.9 Å². The standard InChI is InChI=1S/C16H12FNOS/c17-12-7-5-11(6-8-12)10-20-16-9-15(19)13-3-1-2-4-14(13)18-16/h1-9H,10H2,(H,18,19). The summed E-state index contributed by atoms with van der Waals surface area (Å²) < 4.78 is 12.8. The molecule has 0 fully saturated rings. The highest BCUT2D eigenvalue weighted by atomic mass is 32.2. The first-order valence-corrected chi connectivity index (χ1v) is 7.20. The van der Waals surface area contributed by atoms with Crippen LogP contribution in [0.3, 0.4) is 0 Å². The average Bonchev–Trinajstić information content (AvgIpc) is 2.47. The highest BCUT2D eigenvalue weighted by Gasteiger charge is 2.02. The first-order valence-electron chi connectivity index (χ1n) is 6.22. The van der Waals surface area contributed by atoms with Crippen molar-refractivity contribution >= 4 is 22.7 Å². The van der Waals surface area contributed by atoms with Gasteiger partial charge in [0.15, 0.2) is 5.43 Å². The number of para-hydroxylation sites is 1. The van der Waals surface area contributed by atoms with Gasteiger partial charge in [-0.25, -0.2) is 4.39 Å². The molecule has 0 saturated heterocycles. The van der Waals surface area contributed by atoms with E-state index < -0.39 is 0 Å². The van der Waals surface area contributed by atoms with Crippen LogP contribution in [0.5, 0.6) is 0 Å². The second-order valence-electron chi connectivity index (χ2n) is 4.46. The lowest BCUT2D eigenvalue weighted by Gasteiger charge is -2.04. The maximum absolute atomic E-state index is 12.8. The summed E-state index contributed by atoms with van der Waals surface area (Å²) in [5.74, 6) is 0.451. The quantitative estimate of drug-likeness (QED) is 0.739. The van der Waals surface area contributed by atoms with Crippen LogP contribution in [-0.2, 0) is 5.75 Å². The Hall–Kier alpha value is -2.07. The van der Waals surface area contributed by atoms with E-state index in [0.717, 1.165) is 16.1 Å². The first kappa shape index (κ1) is 12.9.